The zero-order chi connectivity index (χ0) is 18.0. The first-order valence-corrected chi connectivity index (χ1v) is 9.62. The number of nitrogens with one attached hydrogen (secondary N) is 1. The van der Waals surface area contributed by atoms with Crippen molar-refractivity contribution in [1.29, 1.82) is 0 Å². The first kappa shape index (κ1) is 17.7. The molecule has 4 nitrogen and oxygen atoms in total. The molecule has 3 rings (SSSR count). The summed E-state index contributed by atoms with van der Waals surface area (Å²) in [6, 6.07) is 16.8. The van der Waals surface area contributed by atoms with Crippen molar-refractivity contribution in [2.45, 2.75) is 11.8 Å². The first-order chi connectivity index (χ1) is 11.9. The van der Waals surface area contributed by atoms with Crippen LogP contribution >= 0.6 is 23.2 Å². The lowest BCUT2D eigenvalue weighted by molar-refractivity contribution is 0.601. The average molecular weight is 393 g/mol. The number of aryl methyl sites for hydroxylation is 1. The molecule has 3 aromatic rings. The Morgan fingerprint density at radius 3 is 2.20 bits per heavy atom. The fourth-order valence-corrected chi connectivity index (χ4v) is 3.76. The Bertz CT molecular complexity index is 1020. The van der Waals surface area contributed by atoms with Crippen LogP contribution in [0.15, 0.2) is 65.6 Å². The van der Waals surface area contributed by atoms with Crippen molar-refractivity contribution in [3.05, 3.63) is 76.4 Å². The molecule has 0 saturated carbocycles. The molecule has 0 amide bonds. The van der Waals surface area contributed by atoms with Crippen molar-refractivity contribution in [3.8, 4) is 11.1 Å². The van der Waals surface area contributed by atoms with E-state index in [2.05, 4.69) is 9.71 Å². The largest absolute Gasteiger partial charge is 0.263 e. The highest BCUT2D eigenvalue weighted by atomic mass is 35.5. The second-order valence-corrected chi connectivity index (χ2v) is 7.89. The van der Waals surface area contributed by atoms with E-state index in [4.69, 9.17) is 23.2 Å². The Morgan fingerprint density at radius 2 is 1.56 bits per heavy atom. The Hall–Kier alpha value is -2.08. The standard InChI is InChI=1S/C18H14Cl2N2O2S/c1-12-15(16-4-2-3-5-17(16)20)10-11-18(21-12)22-25(23,24)14-8-6-13(19)7-9-14/h2-11H,1H3,(H,21,22). The van der Waals surface area contributed by atoms with E-state index in [0.717, 1.165) is 11.1 Å². The normalized spacial score (nSPS) is 11.3. The Balaban J connectivity index is 1.91. The van der Waals surface area contributed by atoms with E-state index in [1.54, 1.807) is 25.1 Å². The lowest BCUT2D eigenvalue weighted by Gasteiger charge is -2.11. The highest BCUT2D eigenvalue weighted by Crippen LogP contribution is 2.30. The number of hydrogen-bond donors (Lipinski definition) is 1. The van der Waals surface area contributed by atoms with Crippen molar-refractivity contribution in [2.24, 2.45) is 0 Å². The van der Waals surface area contributed by atoms with Crippen LogP contribution in [0, 0.1) is 6.92 Å². The minimum absolute atomic E-state index is 0.117. The summed E-state index contributed by atoms with van der Waals surface area (Å²) in [5.41, 5.74) is 2.37. The molecule has 0 atom stereocenters. The van der Waals surface area contributed by atoms with Crippen LogP contribution < -0.4 is 4.72 Å². The number of aromatic nitrogens is 1. The second kappa shape index (κ2) is 7.04. The first-order valence-electron chi connectivity index (χ1n) is 7.38. The smallest absolute Gasteiger partial charge is 0.263 e. The van der Waals surface area contributed by atoms with Gasteiger partial charge in [0.25, 0.3) is 10.0 Å². The maximum Gasteiger partial charge on any atom is 0.263 e. The molecule has 0 unspecified atom stereocenters. The molecule has 0 aliphatic rings. The molecule has 128 valence electrons. The number of benzene rings is 2. The third-order valence-electron chi connectivity index (χ3n) is 3.61. The lowest BCUT2D eigenvalue weighted by Crippen LogP contribution is -2.14. The number of nitrogens with zero attached hydrogens (tertiary/aromatic N) is 1. The zero-order valence-corrected chi connectivity index (χ0v) is 15.5. The van der Waals surface area contributed by atoms with Crippen molar-refractivity contribution in [1.82, 2.24) is 4.98 Å². The van der Waals surface area contributed by atoms with E-state index in [0.29, 0.717) is 15.7 Å². The van der Waals surface area contributed by atoms with Crippen LogP contribution in [0.2, 0.25) is 10.0 Å². The van der Waals surface area contributed by atoms with Gasteiger partial charge in [-0.2, -0.15) is 0 Å². The molecule has 0 saturated heterocycles. The Morgan fingerprint density at radius 1 is 0.880 bits per heavy atom. The molecule has 0 aliphatic carbocycles. The predicted octanol–water partition coefficient (Wildman–Crippen LogP) is 5.16. The number of rotatable bonds is 4. The number of anilines is 1. The van der Waals surface area contributed by atoms with Gasteiger partial charge in [-0.05, 0) is 49.4 Å². The van der Waals surface area contributed by atoms with E-state index < -0.39 is 10.0 Å². The summed E-state index contributed by atoms with van der Waals surface area (Å²) < 4.78 is 27.3. The zero-order valence-electron chi connectivity index (χ0n) is 13.2. The van der Waals surface area contributed by atoms with Crippen LogP contribution in [0.1, 0.15) is 5.69 Å². The van der Waals surface area contributed by atoms with Crippen molar-refractivity contribution in [2.75, 3.05) is 4.72 Å². The molecular weight excluding hydrogens is 379 g/mol. The fourth-order valence-electron chi connectivity index (χ4n) is 2.39. The van der Waals surface area contributed by atoms with E-state index in [-0.39, 0.29) is 10.7 Å². The Kier molecular flexibility index (Phi) is 4.99. The van der Waals surface area contributed by atoms with Crippen LogP contribution in [-0.4, -0.2) is 13.4 Å². The maximum absolute atomic E-state index is 12.4. The molecule has 0 fully saturated rings. The maximum atomic E-state index is 12.4. The van der Waals surface area contributed by atoms with E-state index in [1.165, 1.54) is 24.3 Å². The molecule has 2 aromatic carbocycles. The number of pyridine rings is 1. The van der Waals surface area contributed by atoms with Gasteiger partial charge >= 0.3 is 0 Å². The minimum Gasteiger partial charge on any atom is -0.263 e. The number of sulfonamides is 1. The third kappa shape index (κ3) is 3.95. The lowest BCUT2D eigenvalue weighted by atomic mass is 10.0. The van der Waals surface area contributed by atoms with Crippen LogP contribution in [0.25, 0.3) is 11.1 Å². The molecule has 25 heavy (non-hydrogen) atoms. The van der Waals surface area contributed by atoms with E-state index in [1.807, 2.05) is 18.2 Å². The summed E-state index contributed by atoms with van der Waals surface area (Å²) in [4.78, 5) is 4.46. The molecule has 0 bridgehead atoms. The quantitative estimate of drug-likeness (QED) is 0.666. The van der Waals surface area contributed by atoms with Gasteiger partial charge in [-0.3, -0.25) is 4.72 Å². The summed E-state index contributed by atoms with van der Waals surface area (Å²) in [6.45, 7) is 1.80. The minimum atomic E-state index is -3.73. The fraction of sp³-hybridized carbons (Fsp3) is 0.0556. The summed E-state index contributed by atoms with van der Waals surface area (Å²) >= 11 is 12.0. The van der Waals surface area contributed by atoms with Gasteiger partial charge in [0.05, 0.1) is 4.90 Å². The molecule has 0 radical (unpaired) electrons. The molecule has 7 heteroatoms. The van der Waals surface area contributed by atoms with Gasteiger partial charge in [0.15, 0.2) is 0 Å². The summed E-state index contributed by atoms with van der Waals surface area (Å²) in [6.07, 6.45) is 0. The predicted molar refractivity (Wildman–Crippen MR) is 102 cm³/mol. The van der Waals surface area contributed by atoms with Gasteiger partial charge < -0.3 is 0 Å². The summed E-state index contributed by atoms with van der Waals surface area (Å²) in [7, 11) is -3.73. The topological polar surface area (TPSA) is 59.1 Å². The number of halogens is 2. The average Bonchev–Trinajstić information content (AvgIpc) is 2.56. The van der Waals surface area contributed by atoms with Gasteiger partial charge in [0.2, 0.25) is 0 Å². The molecule has 0 spiro atoms. The van der Waals surface area contributed by atoms with Gasteiger partial charge in [-0.1, -0.05) is 41.4 Å². The number of hydrogen-bond acceptors (Lipinski definition) is 3. The van der Waals surface area contributed by atoms with Crippen LogP contribution in [-0.2, 0) is 10.0 Å². The molecule has 1 aromatic heterocycles. The summed E-state index contributed by atoms with van der Waals surface area (Å²) in [5.74, 6) is 0.239. The molecule has 1 heterocycles. The molecular formula is C18H14Cl2N2O2S. The van der Waals surface area contributed by atoms with Gasteiger partial charge in [0.1, 0.15) is 5.82 Å². The monoisotopic (exact) mass is 392 g/mol. The van der Waals surface area contributed by atoms with Crippen LogP contribution in [0.5, 0.6) is 0 Å². The van der Waals surface area contributed by atoms with Crippen LogP contribution in [0.4, 0.5) is 5.82 Å². The molecule has 0 aliphatic heterocycles. The highest BCUT2D eigenvalue weighted by Gasteiger charge is 2.16. The molecule has 1 N–H and O–H groups in total. The van der Waals surface area contributed by atoms with Crippen molar-refractivity contribution in [3.63, 3.8) is 0 Å². The summed E-state index contributed by atoms with van der Waals surface area (Å²) in [5, 5.41) is 1.08. The highest BCUT2D eigenvalue weighted by molar-refractivity contribution is 7.92. The SMILES string of the molecule is Cc1nc(NS(=O)(=O)c2ccc(Cl)cc2)ccc1-c1ccccc1Cl. The van der Waals surface area contributed by atoms with Crippen molar-refractivity contribution >= 4 is 39.0 Å². The van der Waals surface area contributed by atoms with Gasteiger partial charge in [0, 0.05) is 26.9 Å². The van der Waals surface area contributed by atoms with Gasteiger partial charge in [-0.15, -0.1) is 0 Å². The van der Waals surface area contributed by atoms with E-state index in [9.17, 15) is 8.42 Å². The van der Waals surface area contributed by atoms with Crippen LogP contribution in [0.3, 0.4) is 0 Å². The van der Waals surface area contributed by atoms with Gasteiger partial charge in [-0.25, -0.2) is 13.4 Å². The third-order valence-corrected chi connectivity index (χ3v) is 5.56. The van der Waals surface area contributed by atoms with Crippen molar-refractivity contribution < 1.29 is 8.42 Å². The Labute approximate surface area is 156 Å². The second-order valence-electron chi connectivity index (χ2n) is 5.37. The van der Waals surface area contributed by atoms with E-state index >= 15 is 0 Å².